The number of imidazole rings is 1. The number of halogens is 3. The van der Waals surface area contributed by atoms with E-state index in [2.05, 4.69) is 25.3 Å². The van der Waals surface area contributed by atoms with Crippen molar-refractivity contribution in [1.29, 1.82) is 0 Å². The number of aliphatic hydroxyl groups is 2. The Morgan fingerprint density at radius 3 is 2.57 bits per heavy atom. The summed E-state index contributed by atoms with van der Waals surface area (Å²) in [4.78, 5) is 19.8. The van der Waals surface area contributed by atoms with Crippen molar-refractivity contribution < 1.29 is 42.1 Å². The zero-order chi connectivity index (χ0) is 26.6. The number of carbonyl (C=O) groups excluding carboxylic acids is 1. The van der Waals surface area contributed by atoms with Gasteiger partial charge in [0.15, 0.2) is 5.58 Å². The molecule has 0 bridgehead atoms. The number of fused-ring (bicyclic) bond motifs is 2. The largest absolute Gasteiger partial charge is 0.573 e. The summed E-state index contributed by atoms with van der Waals surface area (Å²) in [7, 11) is 1.80. The number of oxazole rings is 1. The molecule has 2 aromatic heterocycles. The van der Waals surface area contributed by atoms with Crippen molar-refractivity contribution in [2.75, 3.05) is 38.7 Å². The van der Waals surface area contributed by atoms with Gasteiger partial charge in [-0.05, 0) is 37.4 Å². The molecule has 0 aliphatic carbocycles. The van der Waals surface area contributed by atoms with Crippen molar-refractivity contribution in [2.45, 2.75) is 18.5 Å². The van der Waals surface area contributed by atoms with Crippen LogP contribution in [0.15, 0.2) is 40.8 Å². The van der Waals surface area contributed by atoms with Gasteiger partial charge in [0.1, 0.15) is 23.2 Å². The molecule has 0 spiro atoms. The molecule has 2 aromatic carbocycles. The average molecular weight is 523 g/mol. The molecule has 14 heteroatoms. The first kappa shape index (κ1) is 26.3. The Hall–Kier alpha value is -3.72. The molecule has 1 aliphatic rings. The summed E-state index contributed by atoms with van der Waals surface area (Å²) >= 11 is 0. The van der Waals surface area contributed by atoms with Crippen LogP contribution in [0.2, 0.25) is 0 Å². The van der Waals surface area contributed by atoms with Gasteiger partial charge in [0.05, 0.1) is 37.4 Å². The average Bonchev–Trinajstić information content (AvgIpc) is 3.37. The van der Waals surface area contributed by atoms with Crippen LogP contribution in [0, 0.1) is 0 Å². The number of aliphatic hydroxyl groups excluding tert-OH is 1. The topological polar surface area (TPSA) is 144 Å². The van der Waals surface area contributed by atoms with Crippen molar-refractivity contribution >= 4 is 40.4 Å². The number of aromatic nitrogens is 3. The van der Waals surface area contributed by atoms with E-state index >= 15 is 0 Å². The third kappa shape index (κ3) is 6.35. The number of likely N-dealkylation sites (N-methyl/N-ethyl adjacent to an activating group) is 1. The second-order valence-electron chi connectivity index (χ2n) is 8.25. The molecule has 11 nitrogen and oxygen atoms in total. The first-order valence-corrected chi connectivity index (χ1v) is 11.1. The molecule has 4 N–H and O–H groups in total. The van der Waals surface area contributed by atoms with Gasteiger partial charge in [-0.25, -0.2) is 4.98 Å². The van der Waals surface area contributed by atoms with Crippen LogP contribution >= 0.6 is 0 Å². The molecular formula is C23H24F3N5O6. The maximum absolute atomic E-state index is 12.5. The normalized spacial score (nSPS) is 14.6. The number of nitrogens with one attached hydrogen (secondary N) is 2. The van der Waals surface area contributed by atoms with Crippen molar-refractivity contribution in [1.82, 2.24) is 19.9 Å². The Bertz CT molecular complexity index is 1380. The predicted octanol–water partition coefficient (Wildman–Crippen LogP) is 2.59. The Morgan fingerprint density at radius 2 is 1.97 bits per heavy atom. The lowest BCUT2D eigenvalue weighted by atomic mass is 10.0. The molecule has 0 unspecified atom stereocenters. The number of nitrogens with zero attached hydrogens (tertiary/aromatic N) is 3. The fourth-order valence-corrected chi connectivity index (χ4v) is 3.56. The minimum atomic E-state index is -4.83. The number of rotatable bonds is 8. The van der Waals surface area contributed by atoms with E-state index in [1.165, 1.54) is 6.07 Å². The molecule has 1 fully saturated rings. The van der Waals surface area contributed by atoms with Crippen molar-refractivity contribution in [2.24, 2.45) is 0 Å². The monoisotopic (exact) mass is 523 g/mol. The van der Waals surface area contributed by atoms with E-state index in [9.17, 15) is 23.1 Å². The maximum atomic E-state index is 12.5. The summed E-state index contributed by atoms with van der Waals surface area (Å²) < 4.78 is 53.6. The summed E-state index contributed by atoms with van der Waals surface area (Å²) in [6.45, 7) is 1.39. The van der Waals surface area contributed by atoms with Crippen molar-refractivity contribution in [3.8, 4) is 5.75 Å². The molecule has 4 aromatic rings. The lowest BCUT2D eigenvalue weighted by Gasteiger charge is -2.36. The number of anilines is 2. The highest BCUT2D eigenvalue weighted by atomic mass is 19.4. The van der Waals surface area contributed by atoms with Crippen LogP contribution in [0.25, 0.3) is 22.1 Å². The molecule has 1 saturated heterocycles. The van der Waals surface area contributed by atoms with E-state index < -0.39 is 17.7 Å². The van der Waals surface area contributed by atoms with Gasteiger partial charge < -0.3 is 34.0 Å². The van der Waals surface area contributed by atoms with Crippen LogP contribution in [-0.2, 0) is 11.3 Å². The summed E-state index contributed by atoms with van der Waals surface area (Å²) in [5, 5.41) is 24.2. The van der Waals surface area contributed by atoms with Crippen LogP contribution < -0.4 is 15.4 Å². The molecule has 1 aliphatic heterocycles. The van der Waals surface area contributed by atoms with Crippen LogP contribution in [-0.4, -0.2) is 76.4 Å². The van der Waals surface area contributed by atoms with E-state index in [1.54, 1.807) is 29.8 Å². The fourth-order valence-electron chi connectivity index (χ4n) is 3.56. The zero-order valence-electron chi connectivity index (χ0n) is 19.6. The van der Waals surface area contributed by atoms with E-state index in [4.69, 9.17) is 14.3 Å². The third-order valence-electron chi connectivity index (χ3n) is 5.28. The molecule has 0 atom stereocenters. The smallest absolute Gasteiger partial charge is 0.423 e. The van der Waals surface area contributed by atoms with E-state index in [0.29, 0.717) is 34.9 Å². The minimum Gasteiger partial charge on any atom is -0.423 e. The first-order valence-electron chi connectivity index (χ1n) is 11.1. The number of carbonyl (C=O) groups is 1. The summed E-state index contributed by atoms with van der Waals surface area (Å²) in [5.41, 5.74) is 0.871. The van der Waals surface area contributed by atoms with Gasteiger partial charge >= 0.3 is 12.4 Å². The number of alkyl halides is 3. The van der Waals surface area contributed by atoms with E-state index in [1.807, 2.05) is 0 Å². The Labute approximate surface area is 207 Å². The quantitative estimate of drug-likeness (QED) is 0.254. The second-order valence-corrected chi connectivity index (χ2v) is 8.25. The highest BCUT2D eigenvalue weighted by molar-refractivity contribution is 5.87. The van der Waals surface area contributed by atoms with Gasteiger partial charge in [0.2, 0.25) is 5.95 Å². The summed E-state index contributed by atoms with van der Waals surface area (Å²) in [6, 6.07) is 8.44. The number of hydrogen-bond donors (Lipinski definition) is 4. The van der Waals surface area contributed by atoms with Gasteiger partial charge in [-0.2, -0.15) is 4.98 Å². The molecule has 37 heavy (non-hydrogen) atoms. The molecule has 0 radical (unpaired) electrons. The van der Waals surface area contributed by atoms with Gasteiger partial charge in [-0.15, -0.1) is 13.2 Å². The molecule has 3 heterocycles. The van der Waals surface area contributed by atoms with Gasteiger partial charge in [-0.1, -0.05) is 0 Å². The third-order valence-corrected chi connectivity index (χ3v) is 5.28. The van der Waals surface area contributed by atoms with Crippen molar-refractivity contribution in [3.05, 3.63) is 42.0 Å². The van der Waals surface area contributed by atoms with Crippen LogP contribution in [0.5, 0.6) is 5.75 Å². The second kappa shape index (κ2) is 10.7. The van der Waals surface area contributed by atoms with Crippen LogP contribution in [0.1, 0.15) is 10.4 Å². The molecule has 198 valence electrons. The van der Waals surface area contributed by atoms with Gasteiger partial charge in [0.25, 0.3) is 0 Å². The van der Waals surface area contributed by atoms with Gasteiger partial charge in [-0.3, -0.25) is 10.1 Å². The molecule has 0 saturated carbocycles. The Balaban J connectivity index is 0.000000586. The number of aldehydes is 1. The standard InChI is InChI=1S/C20H15F3N4O5.C3H9NO/c21-20(22,23)32-12-2-3-13-16(6-12)31-18(25-13)26-17-24-14-5-11(7-28)1-4-15(14)27(17)8-19(29)9-30-10-19;1-4-2-3-5/h1-7,29H,8-10H2,(H,24,25,26);4-5H,2-3H2,1H3. The number of ether oxygens (including phenoxy) is 2. The van der Waals surface area contributed by atoms with Gasteiger partial charge in [0, 0.05) is 18.2 Å². The highest BCUT2D eigenvalue weighted by Gasteiger charge is 2.37. The number of benzene rings is 2. The molecule has 5 rings (SSSR count). The fraction of sp³-hybridized carbons (Fsp3) is 0.348. The zero-order valence-corrected chi connectivity index (χ0v) is 19.6. The lowest BCUT2D eigenvalue weighted by Crippen LogP contribution is -2.52. The maximum Gasteiger partial charge on any atom is 0.573 e. The molecule has 0 amide bonds. The Morgan fingerprint density at radius 1 is 1.19 bits per heavy atom. The summed E-state index contributed by atoms with van der Waals surface area (Å²) in [6.07, 6.45) is -4.13. The number of hydrogen-bond acceptors (Lipinski definition) is 10. The van der Waals surface area contributed by atoms with Crippen molar-refractivity contribution in [3.63, 3.8) is 0 Å². The Kier molecular flexibility index (Phi) is 7.63. The van der Waals surface area contributed by atoms with Crippen LogP contribution in [0.4, 0.5) is 25.1 Å². The minimum absolute atomic E-state index is 0.0202. The molecular weight excluding hydrogens is 499 g/mol. The van der Waals surface area contributed by atoms with E-state index in [0.717, 1.165) is 12.1 Å². The predicted molar refractivity (Wildman–Crippen MR) is 126 cm³/mol. The lowest BCUT2D eigenvalue weighted by molar-refractivity contribution is -0.274. The van der Waals surface area contributed by atoms with E-state index in [-0.39, 0.29) is 43.9 Å². The first-order chi connectivity index (χ1) is 17.6. The highest BCUT2D eigenvalue weighted by Crippen LogP contribution is 2.31. The SMILES string of the molecule is CNCCO.O=Cc1ccc2c(c1)nc(Nc1nc3ccc(OC(F)(F)F)cc3o1)n2CC1(O)COC1. The van der Waals surface area contributed by atoms with Crippen LogP contribution in [0.3, 0.4) is 0 Å². The summed E-state index contributed by atoms with van der Waals surface area (Å²) in [5.74, 6) is -0.171.